The lowest BCUT2D eigenvalue weighted by molar-refractivity contribution is 0.410. The minimum atomic E-state index is 0. The molecule has 98 valence electrons. The Labute approximate surface area is 111 Å². The van der Waals surface area contributed by atoms with Crippen molar-refractivity contribution in [2.24, 2.45) is 11.7 Å². The summed E-state index contributed by atoms with van der Waals surface area (Å²) in [5, 5.41) is 0. The van der Waals surface area contributed by atoms with Gasteiger partial charge in [0.1, 0.15) is 5.75 Å². The summed E-state index contributed by atoms with van der Waals surface area (Å²) in [7, 11) is 1.70. The van der Waals surface area contributed by atoms with E-state index in [0.717, 1.165) is 24.2 Å². The van der Waals surface area contributed by atoms with Crippen molar-refractivity contribution in [1.29, 1.82) is 0 Å². The number of ether oxygens (including phenoxy) is 1. The molecule has 0 saturated carbocycles. The van der Waals surface area contributed by atoms with Gasteiger partial charge in [-0.15, -0.1) is 12.4 Å². The average molecular weight is 258 g/mol. The first-order chi connectivity index (χ1) is 7.54. The van der Waals surface area contributed by atoms with Gasteiger partial charge >= 0.3 is 0 Å². The van der Waals surface area contributed by atoms with Crippen molar-refractivity contribution in [2.45, 2.75) is 39.7 Å². The van der Waals surface area contributed by atoms with Crippen LogP contribution in [0.5, 0.6) is 5.75 Å². The fraction of sp³-hybridized carbons (Fsp3) is 0.571. The summed E-state index contributed by atoms with van der Waals surface area (Å²) in [6.45, 7) is 6.49. The number of hydrogen-bond donors (Lipinski definition) is 1. The lowest BCUT2D eigenvalue weighted by atomic mass is 9.97. The van der Waals surface area contributed by atoms with Crippen molar-refractivity contribution in [1.82, 2.24) is 0 Å². The predicted molar refractivity (Wildman–Crippen MR) is 76.0 cm³/mol. The van der Waals surface area contributed by atoms with Crippen LogP contribution in [0.2, 0.25) is 0 Å². The van der Waals surface area contributed by atoms with Crippen LogP contribution in [0.25, 0.3) is 0 Å². The molecule has 1 atom stereocenters. The van der Waals surface area contributed by atoms with E-state index in [1.165, 1.54) is 5.56 Å². The molecule has 1 aromatic rings. The highest BCUT2D eigenvalue weighted by atomic mass is 35.5. The monoisotopic (exact) mass is 257 g/mol. The number of aryl methyl sites for hydroxylation is 1. The minimum absolute atomic E-state index is 0. The lowest BCUT2D eigenvalue weighted by Gasteiger charge is -2.15. The molecular weight excluding hydrogens is 234 g/mol. The van der Waals surface area contributed by atoms with Crippen LogP contribution in [0.15, 0.2) is 18.2 Å². The standard InChI is InChI=1S/C14H23NO.ClH/c1-10(2)5-8-13(15)12-7-6-11(3)14(9-12)16-4;/h6-7,9-10,13H,5,8,15H2,1-4H3;1H/t13-;/m0./s1. The van der Waals surface area contributed by atoms with Crippen molar-refractivity contribution in [3.05, 3.63) is 29.3 Å². The second-order valence-electron chi connectivity index (χ2n) is 4.81. The molecule has 0 aliphatic rings. The fourth-order valence-corrected chi connectivity index (χ4v) is 1.75. The Hall–Kier alpha value is -0.730. The fourth-order valence-electron chi connectivity index (χ4n) is 1.75. The zero-order valence-corrected chi connectivity index (χ0v) is 12.0. The van der Waals surface area contributed by atoms with Gasteiger partial charge in [-0.05, 0) is 42.9 Å². The highest BCUT2D eigenvalue weighted by molar-refractivity contribution is 5.85. The van der Waals surface area contributed by atoms with Crippen molar-refractivity contribution < 1.29 is 4.74 Å². The first kappa shape index (κ1) is 16.3. The normalized spacial score (nSPS) is 12.1. The first-order valence-electron chi connectivity index (χ1n) is 5.94. The number of hydrogen-bond acceptors (Lipinski definition) is 2. The van der Waals surface area contributed by atoms with Crippen molar-refractivity contribution in [2.75, 3.05) is 7.11 Å². The molecule has 0 aliphatic carbocycles. The Morgan fingerprint density at radius 1 is 1.24 bits per heavy atom. The Morgan fingerprint density at radius 3 is 2.41 bits per heavy atom. The summed E-state index contributed by atoms with van der Waals surface area (Å²) >= 11 is 0. The quantitative estimate of drug-likeness (QED) is 0.869. The van der Waals surface area contributed by atoms with Gasteiger partial charge in [-0.2, -0.15) is 0 Å². The van der Waals surface area contributed by atoms with Crippen LogP contribution >= 0.6 is 12.4 Å². The summed E-state index contributed by atoms with van der Waals surface area (Å²) in [4.78, 5) is 0. The second kappa shape index (κ2) is 7.57. The van der Waals surface area contributed by atoms with Crippen LogP contribution in [-0.2, 0) is 0 Å². The van der Waals surface area contributed by atoms with E-state index >= 15 is 0 Å². The maximum atomic E-state index is 6.16. The molecule has 1 aromatic carbocycles. The molecular formula is C14H24ClNO. The molecule has 0 amide bonds. The van der Waals surface area contributed by atoms with Gasteiger partial charge in [-0.25, -0.2) is 0 Å². The van der Waals surface area contributed by atoms with Crippen LogP contribution in [0.3, 0.4) is 0 Å². The zero-order chi connectivity index (χ0) is 12.1. The van der Waals surface area contributed by atoms with Gasteiger partial charge in [-0.1, -0.05) is 26.0 Å². The van der Waals surface area contributed by atoms with Gasteiger partial charge < -0.3 is 10.5 Å². The van der Waals surface area contributed by atoms with E-state index in [9.17, 15) is 0 Å². The van der Waals surface area contributed by atoms with Crippen LogP contribution in [0.4, 0.5) is 0 Å². The van der Waals surface area contributed by atoms with Gasteiger partial charge in [-0.3, -0.25) is 0 Å². The summed E-state index contributed by atoms with van der Waals surface area (Å²) in [6, 6.07) is 6.35. The Bertz CT molecular complexity index is 339. The van der Waals surface area contributed by atoms with E-state index in [-0.39, 0.29) is 18.4 Å². The molecule has 0 spiro atoms. The Morgan fingerprint density at radius 2 is 1.88 bits per heavy atom. The predicted octanol–water partition coefficient (Wildman–Crippen LogP) is 3.86. The molecule has 0 heterocycles. The van der Waals surface area contributed by atoms with Gasteiger partial charge in [0.25, 0.3) is 0 Å². The summed E-state index contributed by atoms with van der Waals surface area (Å²) in [5.41, 5.74) is 8.49. The highest BCUT2D eigenvalue weighted by Crippen LogP contribution is 2.25. The average Bonchev–Trinajstić information content (AvgIpc) is 2.26. The van der Waals surface area contributed by atoms with Crippen LogP contribution in [0, 0.1) is 12.8 Å². The summed E-state index contributed by atoms with van der Waals surface area (Å²) in [5.74, 6) is 1.64. The molecule has 2 nitrogen and oxygen atoms in total. The first-order valence-corrected chi connectivity index (χ1v) is 5.94. The maximum absolute atomic E-state index is 6.16. The molecule has 0 aliphatic heterocycles. The van der Waals surface area contributed by atoms with E-state index in [1.807, 2.05) is 6.92 Å². The molecule has 0 bridgehead atoms. The highest BCUT2D eigenvalue weighted by Gasteiger charge is 2.09. The Kier molecular flexibility index (Phi) is 7.24. The summed E-state index contributed by atoms with van der Waals surface area (Å²) < 4.78 is 5.31. The van der Waals surface area contributed by atoms with Crippen molar-refractivity contribution >= 4 is 12.4 Å². The zero-order valence-electron chi connectivity index (χ0n) is 11.2. The van der Waals surface area contributed by atoms with E-state index in [1.54, 1.807) is 7.11 Å². The van der Waals surface area contributed by atoms with E-state index in [4.69, 9.17) is 10.5 Å². The molecule has 0 aromatic heterocycles. The minimum Gasteiger partial charge on any atom is -0.496 e. The van der Waals surface area contributed by atoms with Crippen molar-refractivity contribution in [3.8, 4) is 5.75 Å². The van der Waals surface area contributed by atoms with E-state index < -0.39 is 0 Å². The number of nitrogens with two attached hydrogens (primary N) is 1. The maximum Gasteiger partial charge on any atom is 0.122 e. The molecule has 0 fully saturated rings. The lowest BCUT2D eigenvalue weighted by Crippen LogP contribution is -2.11. The third-order valence-corrected chi connectivity index (χ3v) is 2.92. The smallest absolute Gasteiger partial charge is 0.122 e. The Balaban J connectivity index is 0.00000256. The molecule has 0 radical (unpaired) electrons. The molecule has 1 rings (SSSR count). The van der Waals surface area contributed by atoms with Crippen LogP contribution < -0.4 is 10.5 Å². The molecule has 3 heteroatoms. The number of rotatable bonds is 5. The molecule has 0 unspecified atom stereocenters. The van der Waals surface area contributed by atoms with E-state index in [0.29, 0.717) is 5.92 Å². The number of halogens is 1. The van der Waals surface area contributed by atoms with Crippen LogP contribution in [-0.4, -0.2) is 7.11 Å². The third kappa shape index (κ3) is 4.97. The van der Waals surface area contributed by atoms with E-state index in [2.05, 4.69) is 32.0 Å². The van der Waals surface area contributed by atoms with Crippen molar-refractivity contribution in [3.63, 3.8) is 0 Å². The molecule has 17 heavy (non-hydrogen) atoms. The van der Waals surface area contributed by atoms with Crippen LogP contribution in [0.1, 0.15) is 43.9 Å². The summed E-state index contributed by atoms with van der Waals surface area (Å²) in [6.07, 6.45) is 2.20. The largest absolute Gasteiger partial charge is 0.496 e. The van der Waals surface area contributed by atoms with Gasteiger partial charge in [0.05, 0.1) is 7.11 Å². The molecule has 2 N–H and O–H groups in total. The molecule has 0 saturated heterocycles. The number of methoxy groups -OCH3 is 1. The third-order valence-electron chi connectivity index (χ3n) is 2.92. The van der Waals surface area contributed by atoms with Gasteiger partial charge in [0.2, 0.25) is 0 Å². The number of benzene rings is 1. The second-order valence-corrected chi connectivity index (χ2v) is 4.81. The SMILES string of the molecule is COc1cc([C@@H](N)CCC(C)C)ccc1C.Cl. The van der Waals surface area contributed by atoms with Gasteiger partial charge in [0, 0.05) is 6.04 Å². The van der Waals surface area contributed by atoms with Gasteiger partial charge in [0.15, 0.2) is 0 Å². The topological polar surface area (TPSA) is 35.2 Å².